The van der Waals surface area contributed by atoms with E-state index in [0.29, 0.717) is 0 Å². The first kappa shape index (κ1) is 12.0. The van der Waals surface area contributed by atoms with Gasteiger partial charge in [-0.1, -0.05) is 60.7 Å². The summed E-state index contributed by atoms with van der Waals surface area (Å²) in [4.78, 5) is 0. The van der Waals surface area contributed by atoms with E-state index in [9.17, 15) is 0 Å². The van der Waals surface area contributed by atoms with Crippen molar-refractivity contribution in [1.29, 1.82) is 0 Å². The first-order valence-corrected chi connectivity index (χ1v) is 6.55. The van der Waals surface area contributed by atoms with Gasteiger partial charge in [0.25, 0.3) is 0 Å². The van der Waals surface area contributed by atoms with Crippen LogP contribution < -0.4 is 5.73 Å². The highest BCUT2D eigenvalue weighted by molar-refractivity contribution is 5.51. The van der Waals surface area contributed by atoms with E-state index in [4.69, 9.17) is 10.5 Å². The number of rotatable bonds is 2. The average Bonchev–Trinajstić information content (AvgIpc) is 2.84. The third kappa shape index (κ3) is 2.54. The van der Waals surface area contributed by atoms with E-state index in [1.165, 1.54) is 0 Å². The molecule has 2 N–H and O–H groups in total. The molecule has 1 saturated heterocycles. The zero-order valence-corrected chi connectivity index (χ0v) is 10.8. The molecule has 2 nitrogen and oxygen atoms in total. The van der Waals surface area contributed by atoms with Crippen LogP contribution in [0.4, 0.5) is 0 Å². The number of hydrogen-bond acceptors (Lipinski definition) is 2. The van der Waals surface area contributed by atoms with Crippen LogP contribution in [0.25, 0.3) is 6.08 Å². The fourth-order valence-electron chi connectivity index (χ4n) is 2.41. The van der Waals surface area contributed by atoms with Gasteiger partial charge in [0.15, 0.2) is 5.72 Å². The first-order valence-electron chi connectivity index (χ1n) is 6.55. The van der Waals surface area contributed by atoms with Gasteiger partial charge in [0.05, 0.1) is 5.76 Å². The SMILES string of the molecule is NC1(c2ccccc2)CC/C(=C\c2ccccc2)O1. The van der Waals surface area contributed by atoms with Gasteiger partial charge in [0, 0.05) is 18.4 Å². The third-order valence-corrected chi connectivity index (χ3v) is 3.45. The van der Waals surface area contributed by atoms with E-state index in [0.717, 1.165) is 29.7 Å². The summed E-state index contributed by atoms with van der Waals surface area (Å²) in [6.07, 6.45) is 3.76. The van der Waals surface area contributed by atoms with Gasteiger partial charge in [-0.15, -0.1) is 0 Å². The van der Waals surface area contributed by atoms with Crippen molar-refractivity contribution in [2.45, 2.75) is 18.6 Å². The van der Waals surface area contributed by atoms with Crippen LogP contribution in [0.15, 0.2) is 66.4 Å². The molecule has 19 heavy (non-hydrogen) atoms. The van der Waals surface area contributed by atoms with Crippen LogP contribution in [-0.4, -0.2) is 0 Å². The van der Waals surface area contributed by atoms with Crippen molar-refractivity contribution >= 4 is 6.08 Å². The molecule has 1 fully saturated rings. The molecule has 1 aliphatic rings. The molecule has 3 rings (SSSR count). The van der Waals surface area contributed by atoms with Crippen molar-refractivity contribution < 1.29 is 4.74 Å². The topological polar surface area (TPSA) is 35.2 Å². The lowest BCUT2D eigenvalue weighted by Crippen LogP contribution is -2.35. The Morgan fingerprint density at radius 2 is 1.58 bits per heavy atom. The smallest absolute Gasteiger partial charge is 0.184 e. The maximum Gasteiger partial charge on any atom is 0.184 e. The van der Waals surface area contributed by atoms with Gasteiger partial charge >= 0.3 is 0 Å². The minimum Gasteiger partial charge on any atom is -0.473 e. The summed E-state index contributed by atoms with van der Waals surface area (Å²) < 4.78 is 5.98. The minimum absolute atomic E-state index is 0.679. The second-order valence-electron chi connectivity index (χ2n) is 4.88. The van der Waals surface area contributed by atoms with E-state index in [-0.39, 0.29) is 0 Å². The molecule has 0 saturated carbocycles. The summed E-state index contributed by atoms with van der Waals surface area (Å²) in [5.74, 6) is 0.956. The predicted octanol–water partition coefficient (Wildman–Crippen LogP) is 3.65. The highest BCUT2D eigenvalue weighted by atomic mass is 16.5. The van der Waals surface area contributed by atoms with Crippen molar-refractivity contribution in [1.82, 2.24) is 0 Å². The van der Waals surface area contributed by atoms with Crippen LogP contribution in [0.2, 0.25) is 0 Å². The van der Waals surface area contributed by atoms with Crippen molar-refractivity contribution in [3.8, 4) is 0 Å². The molecule has 0 radical (unpaired) electrons. The molecule has 0 bridgehead atoms. The van der Waals surface area contributed by atoms with Crippen LogP contribution in [0, 0.1) is 0 Å². The molecule has 1 heterocycles. The zero-order chi connectivity index (χ0) is 13.1. The van der Waals surface area contributed by atoms with E-state index < -0.39 is 5.72 Å². The molecule has 2 aromatic carbocycles. The molecule has 0 aliphatic carbocycles. The first-order chi connectivity index (χ1) is 9.26. The second kappa shape index (κ2) is 4.90. The Kier molecular flexibility index (Phi) is 3.10. The molecule has 1 atom stereocenters. The summed E-state index contributed by atoms with van der Waals surface area (Å²) in [5.41, 5.74) is 7.86. The monoisotopic (exact) mass is 251 g/mol. The maximum atomic E-state index is 6.36. The largest absolute Gasteiger partial charge is 0.473 e. The molecule has 0 aromatic heterocycles. The van der Waals surface area contributed by atoms with E-state index in [2.05, 4.69) is 18.2 Å². The van der Waals surface area contributed by atoms with Crippen molar-refractivity contribution in [2.75, 3.05) is 0 Å². The fourth-order valence-corrected chi connectivity index (χ4v) is 2.41. The number of benzene rings is 2. The normalized spacial score (nSPS) is 24.4. The van der Waals surface area contributed by atoms with E-state index >= 15 is 0 Å². The van der Waals surface area contributed by atoms with Gasteiger partial charge in [-0.2, -0.15) is 0 Å². The molecule has 0 spiro atoms. The van der Waals surface area contributed by atoms with Crippen molar-refractivity contribution in [3.05, 3.63) is 77.5 Å². The Morgan fingerprint density at radius 3 is 2.26 bits per heavy atom. The van der Waals surface area contributed by atoms with Crippen LogP contribution in [0.1, 0.15) is 24.0 Å². The van der Waals surface area contributed by atoms with Crippen LogP contribution in [0.5, 0.6) is 0 Å². The summed E-state index contributed by atoms with van der Waals surface area (Å²) in [5, 5.41) is 0. The Balaban J connectivity index is 1.82. The maximum absolute atomic E-state index is 6.36. The van der Waals surface area contributed by atoms with Crippen LogP contribution >= 0.6 is 0 Å². The lowest BCUT2D eigenvalue weighted by Gasteiger charge is -2.24. The summed E-state index contributed by atoms with van der Waals surface area (Å²) in [6, 6.07) is 20.2. The molecule has 2 heteroatoms. The van der Waals surface area contributed by atoms with Gasteiger partial charge in [-0.3, -0.25) is 5.73 Å². The standard InChI is InChI=1S/C17H17NO/c18-17(15-9-5-2-6-10-15)12-11-16(19-17)13-14-7-3-1-4-8-14/h1-10,13H,11-12,18H2/b16-13+. The summed E-state index contributed by atoms with van der Waals surface area (Å²) in [7, 11) is 0. The molecular formula is C17H17NO. The van der Waals surface area contributed by atoms with Gasteiger partial charge in [-0.05, 0) is 11.6 Å². The Bertz CT molecular complexity index is 577. The number of hydrogen-bond donors (Lipinski definition) is 1. The Morgan fingerprint density at radius 1 is 0.947 bits per heavy atom. The number of nitrogens with two attached hydrogens (primary N) is 1. The summed E-state index contributed by atoms with van der Waals surface area (Å²) in [6.45, 7) is 0. The number of allylic oxidation sites excluding steroid dienone is 1. The van der Waals surface area contributed by atoms with Gasteiger partial charge < -0.3 is 4.74 Å². The van der Waals surface area contributed by atoms with Gasteiger partial charge in [0.2, 0.25) is 0 Å². The fraction of sp³-hybridized carbons (Fsp3) is 0.176. The molecular weight excluding hydrogens is 234 g/mol. The molecule has 1 unspecified atom stereocenters. The summed E-state index contributed by atoms with van der Waals surface area (Å²) >= 11 is 0. The number of ether oxygens (including phenoxy) is 1. The molecule has 0 amide bonds. The Labute approximate surface area is 113 Å². The Hall–Kier alpha value is -2.06. The molecule has 2 aromatic rings. The highest BCUT2D eigenvalue weighted by Crippen LogP contribution is 2.37. The highest BCUT2D eigenvalue weighted by Gasteiger charge is 2.35. The zero-order valence-electron chi connectivity index (χ0n) is 10.8. The minimum atomic E-state index is -0.679. The van der Waals surface area contributed by atoms with Crippen LogP contribution in [0.3, 0.4) is 0 Å². The van der Waals surface area contributed by atoms with E-state index in [1.807, 2.05) is 48.5 Å². The quantitative estimate of drug-likeness (QED) is 0.884. The van der Waals surface area contributed by atoms with E-state index in [1.54, 1.807) is 0 Å². The van der Waals surface area contributed by atoms with Crippen molar-refractivity contribution in [3.63, 3.8) is 0 Å². The van der Waals surface area contributed by atoms with Crippen molar-refractivity contribution in [2.24, 2.45) is 5.73 Å². The molecule has 1 aliphatic heterocycles. The van der Waals surface area contributed by atoms with Gasteiger partial charge in [0.1, 0.15) is 0 Å². The van der Waals surface area contributed by atoms with Gasteiger partial charge in [-0.25, -0.2) is 0 Å². The lowest BCUT2D eigenvalue weighted by atomic mass is 10.0. The molecule has 96 valence electrons. The predicted molar refractivity (Wildman–Crippen MR) is 77.0 cm³/mol. The van der Waals surface area contributed by atoms with Crippen LogP contribution in [-0.2, 0) is 10.5 Å². The third-order valence-electron chi connectivity index (χ3n) is 3.45. The lowest BCUT2D eigenvalue weighted by molar-refractivity contribution is 0.0441. The second-order valence-corrected chi connectivity index (χ2v) is 4.88. The average molecular weight is 251 g/mol.